The van der Waals surface area contributed by atoms with Crippen LogP contribution in [0.25, 0.3) is 11.2 Å². The molecule has 0 saturated heterocycles. The average molecular weight is 302 g/mol. The van der Waals surface area contributed by atoms with Gasteiger partial charge in [0.2, 0.25) is 0 Å². The summed E-state index contributed by atoms with van der Waals surface area (Å²) >= 11 is 12.0. The van der Waals surface area contributed by atoms with Crippen molar-refractivity contribution in [2.24, 2.45) is 0 Å². The number of esters is 1. The third kappa shape index (κ3) is 2.98. The largest absolute Gasteiger partial charge is 0.469 e. The molecule has 0 spiro atoms. The van der Waals surface area contributed by atoms with Crippen molar-refractivity contribution in [3.05, 3.63) is 23.1 Å². The van der Waals surface area contributed by atoms with E-state index in [-0.39, 0.29) is 17.8 Å². The molecule has 0 radical (unpaired) electrons. The predicted molar refractivity (Wildman–Crippen MR) is 73.4 cm³/mol. The van der Waals surface area contributed by atoms with Gasteiger partial charge in [0.15, 0.2) is 5.65 Å². The number of ether oxygens (including phenoxy) is 1. The van der Waals surface area contributed by atoms with Crippen LogP contribution in [0.2, 0.25) is 5.02 Å². The Bertz CT molecular complexity index is 610. The van der Waals surface area contributed by atoms with Gasteiger partial charge >= 0.3 is 5.97 Å². The van der Waals surface area contributed by atoms with Gasteiger partial charge in [0.05, 0.1) is 23.9 Å². The molecule has 0 fully saturated rings. The third-order valence-electron chi connectivity index (χ3n) is 2.70. The van der Waals surface area contributed by atoms with Crippen LogP contribution in [0.3, 0.4) is 0 Å². The average Bonchev–Trinajstić information content (AvgIpc) is 2.73. The van der Waals surface area contributed by atoms with Gasteiger partial charge in [0.1, 0.15) is 11.3 Å². The quantitative estimate of drug-likeness (QED) is 0.643. The predicted octanol–water partition coefficient (Wildman–Crippen LogP) is 2.95. The molecule has 19 heavy (non-hydrogen) atoms. The minimum absolute atomic E-state index is 0.239. The Kier molecular flexibility index (Phi) is 4.27. The van der Waals surface area contributed by atoms with E-state index in [9.17, 15) is 4.79 Å². The van der Waals surface area contributed by atoms with Crippen molar-refractivity contribution in [3.63, 3.8) is 0 Å². The summed E-state index contributed by atoms with van der Waals surface area (Å²) in [6.45, 7) is 2.24. The molecular weight excluding hydrogens is 289 g/mol. The smallest absolute Gasteiger partial charge is 0.307 e. The number of nitrogens with zero attached hydrogens (tertiary/aromatic N) is 3. The zero-order valence-corrected chi connectivity index (χ0v) is 12.1. The summed E-state index contributed by atoms with van der Waals surface area (Å²) < 4.78 is 6.45. The summed E-state index contributed by atoms with van der Waals surface area (Å²) in [6, 6.07) is 1.72. The SMILES string of the molecule is COC(=O)CCn1c(C(C)Cl)nc2cc(Cl)cnc21. The monoisotopic (exact) mass is 301 g/mol. The number of hydrogen-bond acceptors (Lipinski definition) is 4. The lowest BCUT2D eigenvalue weighted by molar-refractivity contribution is -0.140. The summed E-state index contributed by atoms with van der Waals surface area (Å²) in [5.74, 6) is 0.374. The number of imidazole rings is 1. The molecule has 0 N–H and O–H groups in total. The van der Waals surface area contributed by atoms with Crippen molar-refractivity contribution in [2.45, 2.75) is 25.3 Å². The van der Waals surface area contributed by atoms with Crippen LogP contribution in [-0.2, 0) is 16.1 Å². The molecule has 1 unspecified atom stereocenters. The zero-order valence-electron chi connectivity index (χ0n) is 10.6. The Morgan fingerprint density at radius 1 is 1.58 bits per heavy atom. The maximum Gasteiger partial charge on any atom is 0.307 e. The first kappa shape index (κ1) is 14.1. The molecular formula is C12H13Cl2N3O2. The molecule has 1 atom stereocenters. The van der Waals surface area contributed by atoms with Crippen LogP contribution in [0.1, 0.15) is 24.5 Å². The van der Waals surface area contributed by atoms with E-state index in [4.69, 9.17) is 23.2 Å². The van der Waals surface area contributed by atoms with E-state index in [1.54, 1.807) is 12.3 Å². The number of hydrogen-bond donors (Lipinski definition) is 0. The number of aromatic nitrogens is 3. The third-order valence-corrected chi connectivity index (χ3v) is 3.11. The molecule has 0 aliphatic heterocycles. The van der Waals surface area contributed by atoms with Crippen molar-refractivity contribution < 1.29 is 9.53 Å². The van der Waals surface area contributed by atoms with E-state index in [2.05, 4.69) is 14.7 Å². The highest BCUT2D eigenvalue weighted by Gasteiger charge is 2.17. The first-order valence-corrected chi connectivity index (χ1v) is 6.57. The molecule has 5 nitrogen and oxygen atoms in total. The Morgan fingerprint density at radius 3 is 2.95 bits per heavy atom. The number of carbonyl (C=O) groups is 1. The Balaban J connectivity index is 2.43. The topological polar surface area (TPSA) is 57.0 Å². The fourth-order valence-corrected chi connectivity index (χ4v) is 2.15. The molecule has 0 aliphatic carbocycles. The van der Waals surface area contributed by atoms with Crippen LogP contribution in [-0.4, -0.2) is 27.6 Å². The van der Waals surface area contributed by atoms with Crippen LogP contribution in [0, 0.1) is 0 Å². The summed E-state index contributed by atoms with van der Waals surface area (Å²) in [5.41, 5.74) is 1.33. The maximum absolute atomic E-state index is 11.2. The van der Waals surface area contributed by atoms with Gasteiger partial charge in [-0.25, -0.2) is 9.97 Å². The van der Waals surface area contributed by atoms with E-state index in [1.807, 2.05) is 11.5 Å². The number of halogens is 2. The van der Waals surface area contributed by atoms with Gasteiger partial charge in [-0.15, -0.1) is 11.6 Å². The van der Waals surface area contributed by atoms with E-state index in [0.29, 0.717) is 28.6 Å². The number of pyridine rings is 1. The summed E-state index contributed by atoms with van der Waals surface area (Å²) in [4.78, 5) is 19.9. The van der Waals surface area contributed by atoms with Crippen LogP contribution in [0.5, 0.6) is 0 Å². The van der Waals surface area contributed by atoms with Gasteiger partial charge in [-0.2, -0.15) is 0 Å². The number of fused-ring (bicyclic) bond motifs is 1. The maximum atomic E-state index is 11.2. The minimum Gasteiger partial charge on any atom is -0.469 e. The Hall–Kier alpha value is -1.33. The molecule has 102 valence electrons. The standard InChI is InChI=1S/C12H13Cl2N3O2/c1-7(13)11-16-9-5-8(14)6-15-12(9)17(11)4-3-10(18)19-2/h5-7H,3-4H2,1-2H3. The molecule has 7 heteroatoms. The molecule has 2 heterocycles. The lowest BCUT2D eigenvalue weighted by Gasteiger charge is -2.08. The van der Waals surface area contributed by atoms with Crippen LogP contribution in [0.4, 0.5) is 0 Å². The number of carbonyl (C=O) groups excluding carboxylic acids is 1. The van der Waals surface area contributed by atoms with Crippen LogP contribution >= 0.6 is 23.2 Å². The molecule has 0 aromatic carbocycles. The van der Waals surface area contributed by atoms with Crippen molar-refractivity contribution in [1.29, 1.82) is 0 Å². The van der Waals surface area contributed by atoms with E-state index < -0.39 is 0 Å². The Morgan fingerprint density at radius 2 is 2.32 bits per heavy atom. The molecule has 2 aromatic rings. The van der Waals surface area contributed by atoms with Crippen LogP contribution in [0.15, 0.2) is 12.3 Å². The second-order valence-corrected chi connectivity index (χ2v) is 5.15. The van der Waals surface area contributed by atoms with E-state index in [1.165, 1.54) is 7.11 Å². The van der Waals surface area contributed by atoms with Crippen molar-refractivity contribution in [2.75, 3.05) is 7.11 Å². The minimum atomic E-state index is -0.288. The highest BCUT2D eigenvalue weighted by atomic mass is 35.5. The first-order chi connectivity index (χ1) is 9.02. The van der Waals surface area contributed by atoms with Gasteiger partial charge in [0.25, 0.3) is 0 Å². The number of aryl methyl sites for hydroxylation is 1. The lowest BCUT2D eigenvalue weighted by Crippen LogP contribution is -2.10. The fourth-order valence-electron chi connectivity index (χ4n) is 1.83. The summed E-state index contributed by atoms with van der Waals surface area (Å²) in [5, 5.41) is 0.226. The normalized spacial score (nSPS) is 12.6. The van der Waals surface area contributed by atoms with Gasteiger partial charge in [-0.05, 0) is 13.0 Å². The van der Waals surface area contributed by atoms with Crippen molar-refractivity contribution in [3.8, 4) is 0 Å². The molecule has 2 rings (SSSR count). The number of alkyl halides is 1. The first-order valence-electron chi connectivity index (χ1n) is 5.75. The molecule has 0 aliphatic rings. The van der Waals surface area contributed by atoms with Crippen molar-refractivity contribution >= 4 is 40.3 Å². The van der Waals surface area contributed by atoms with E-state index in [0.717, 1.165) is 0 Å². The van der Waals surface area contributed by atoms with E-state index >= 15 is 0 Å². The van der Waals surface area contributed by atoms with Gasteiger partial charge in [-0.1, -0.05) is 11.6 Å². The van der Waals surface area contributed by atoms with Crippen molar-refractivity contribution in [1.82, 2.24) is 14.5 Å². The molecule has 0 amide bonds. The van der Waals surface area contributed by atoms with Gasteiger partial charge in [0, 0.05) is 12.7 Å². The van der Waals surface area contributed by atoms with Crippen LogP contribution < -0.4 is 0 Å². The molecule has 0 bridgehead atoms. The highest BCUT2D eigenvalue weighted by Crippen LogP contribution is 2.25. The zero-order chi connectivity index (χ0) is 14.0. The Labute approximate surface area is 120 Å². The van der Waals surface area contributed by atoms with Gasteiger partial charge < -0.3 is 9.30 Å². The number of rotatable bonds is 4. The summed E-state index contributed by atoms with van der Waals surface area (Å²) in [7, 11) is 1.36. The lowest BCUT2D eigenvalue weighted by atomic mass is 10.4. The molecule has 2 aromatic heterocycles. The molecule has 0 saturated carbocycles. The fraction of sp³-hybridized carbons (Fsp3) is 0.417. The summed E-state index contributed by atoms with van der Waals surface area (Å²) in [6.07, 6.45) is 1.78. The second-order valence-electron chi connectivity index (χ2n) is 4.06. The van der Waals surface area contributed by atoms with Gasteiger partial charge in [-0.3, -0.25) is 4.79 Å². The number of methoxy groups -OCH3 is 1. The highest BCUT2D eigenvalue weighted by molar-refractivity contribution is 6.31. The second kappa shape index (κ2) is 5.75.